The molecule has 1 heterocycles. The fraction of sp³-hybridized carbons (Fsp3) is 0.556. The normalized spacial score (nSPS) is 20.4. The van der Waals surface area contributed by atoms with E-state index in [2.05, 4.69) is 35.6 Å². The lowest BCUT2D eigenvalue weighted by Gasteiger charge is -2.29. The molecule has 24 heavy (non-hydrogen) atoms. The van der Waals surface area contributed by atoms with Crippen LogP contribution in [0, 0.1) is 12.7 Å². The van der Waals surface area contributed by atoms with Gasteiger partial charge in [0, 0.05) is 11.4 Å². The minimum atomic E-state index is -0.706. The molecular weight excluding hydrogens is 327 g/mol. The van der Waals surface area contributed by atoms with E-state index in [0.717, 1.165) is 17.0 Å². The Morgan fingerprint density at radius 2 is 2.12 bits per heavy atom. The molecule has 2 rings (SSSR count). The molecule has 1 aliphatic carbocycles. The molecule has 0 radical (unpaired) electrons. The van der Waals surface area contributed by atoms with Crippen molar-refractivity contribution in [2.75, 3.05) is 31.1 Å². The predicted octanol–water partition coefficient (Wildman–Crippen LogP) is 3.36. The number of pyridine rings is 1. The number of aryl methyl sites for hydroxylation is 1. The average molecular weight is 354 g/mol. The lowest BCUT2D eigenvalue weighted by molar-refractivity contribution is 0.139. The van der Waals surface area contributed by atoms with E-state index in [1.165, 1.54) is 6.20 Å². The van der Waals surface area contributed by atoms with Gasteiger partial charge < -0.3 is 10.1 Å². The zero-order chi connectivity index (χ0) is 18.0. The molecule has 0 aliphatic heterocycles. The molecule has 1 N–H and O–H groups in total. The van der Waals surface area contributed by atoms with Gasteiger partial charge in [-0.1, -0.05) is 6.08 Å². The summed E-state index contributed by atoms with van der Waals surface area (Å²) in [4.78, 5) is 16.3. The van der Waals surface area contributed by atoms with E-state index >= 15 is 0 Å². The van der Waals surface area contributed by atoms with Gasteiger partial charge in [0.1, 0.15) is 12.4 Å². The summed E-state index contributed by atoms with van der Waals surface area (Å²) in [7, 11) is -0.706. The molecule has 134 valence electrons. The van der Waals surface area contributed by atoms with Gasteiger partial charge in [-0.2, -0.15) is 0 Å². The Morgan fingerprint density at radius 3 is 2.71 bits per heavy atom. The lowest BCUT2D eigenvalue weighted by Crippen LogP contribution is -2.49. The van der Waals surface area contributed by atoms with Crippen molar-refractivity contribution in [2.45, 2.75) is 31.7 Å². The maximum atomic E-state index is 14.1. The highest BCUT2D eigenvalue weighted by Gasteiger charge is 2.40. The number of hydrogen-bond acceptors (Lipinski definition) is 3. The molecular formula is C18H27FN2O2S. The SMILES string of the molecule is C=CCC1(NC(=O)OCCS(C)(C)C)Cc2c(F)cnc(C)c2C1. The van der Waals surface area contributed by atoms with Crippen LogP contribution < -0.4 is 5.32 Å². The van der Waals surface area contributed by atoms with Crippen LogP contribution in [0.15, 0.2) is 18.9 Å². The zero-order valence-electron chi connectivity index (χ0n) is 14.9. The molecule has 1 aromatic heterocycles. The maximum Gasteiger partial charge on any atom is 0.407 e. The Kier molecular flexibility index (Phi) is 5.58. The highest BCUT2D eigenvalue weighted by molar-refractivity contribution is 8.32. The predicted molar refractivity (Wildman–Crippen MR) is 98.6 cm³/mol. The molecule has 1 unspecified atom stereocenters. The van der Waals surface area contributed by atoms with Crippen molar-refractivity contribution in [3.05, 3.63) is 41.5 Å². The van der Waals surface area contributed by atoms with Gasteiger partial charge in [0.15, 0.2) is 0 Å². The van der Waals surface area contributed by atoms with Crippen LogP contribution in [-0.4, -0.2) is 47.7 Å². The van der Waals surface area contributed by atoms with Crippen LogP contribution in [0.4, 0.5) is 9.18 Å². The Morgan fingerprint density at radius 1 is 1.46 bits per heavy atom. The van der Waals surface area contributed by atoms with E-state index in [0.29, 0.717) is 31.4 Å². The van der Waals surface area contributed by atoms with E-state index in [4.69, 9.17) is 4.74 Å². The number of nitrogens with zero attached hydrogens (tertiary/aromatic N) is 1. The number of carbonyl (C=O) groups is 1. The van der Waals surface area contributed by atoms with Crippen LogP contribution >= 0.6 is 10.0 Å². The maximum absolute atomic E-state index is 14.1. The fourth-order valence-electron chi connectivity index (χ4n) is 3.03. The molecule has 0 saturated heterocycles. The molecule has 1 aromatic rings. The minimum Gasteiger partial charge on any atom is -0.449 e. The van der Waals surface area contributed by atoms with Gasteiger partial charge in [0.05, 0.1) is 11.7 Å². The van der Waals surface area contributed by atoms with Gasteiger partial charge in [-0.05, 0) is 56.1 Å². The molecule has 6 heteroatoms. The van der Waals surface area contributed by atoms with Crippen molar-refractivity contribution in [3.63, 3.8) is 0 Å². The second kappa shape index (κ2) is 7.13. The van der Waals surface area contributed by atoms with Crippen LogP contribution in [-0.2, 0) is 17.6 Å². The Hall–Kier alpha value is -1.56. The van der Waals surface area contributed by atoms with Crippen LogP contribution in [0.3, 0.4) is 0 Å². The quantitative estimate of drug-likeness (QED) is 0.797. The number of halogens is 1. The molecule has 0 aromatic carbocycles. The highest BCUT2D eigenvalue weighted by atomic mass is 32.3. The van der Waals surface area contributed by atoms with E-state index < -0.39 is 21.7 Å². The number of fused-ring (bicyclic) bond motifs is 1. The van der Waals surface area contributed by atoms with Crippen molar-refractivity contribution in [3.8, 4) is 0 Å². The van der Waals surface area contributed by atoms with Gasteiger partial charge in [-0.3, -0.25) is 4.98 Å². The van der Waals surface area contributed by atoms with E-state index in [9.17, 15) is 9.18 Å². The van der Waals surface area contributed by atoms with E-state index in [1.54, 1.807) is 6.08 Å². The second-order valence-corrected chi connectivity index (χ2v) is 11.9. The summed E-state index contributed by atoms with van der Waals surface area (Å²) < 4.78 is 19.4. The third-order valence-corrected chi connectivity index (χ3v) is 5.71. The third kappa shape index (κ3) is 4.50. The third-order valence-electron chi connectivity index (χ3n) is 4.32. The zero-order valence-corrected chi connectivity index (χ0v) is 15.8. The number of ether oxygens (including phenoxy) is 1. The van der Waals surface area contributed by atoms with Gasteiger partial charge in [0.2, 0.25) is 0 Å². The summed E-state index contributed by atoms with van der Waals surface area (Å²) in [5, 5.41) is 2.96. The number of hydrogen-bond donors (Lipinski definition) is 1. The van der Waals surface area contributed by atoms with Crippen molar-refractivity contribution in [1.82, 2.24) is 10.3 Å². The summed E-state index contributed by atoms with van der Waals surface area (Å²) in [6.07, 6.45) is 10.6. The smallest absolute Gasteiger partial charge is 0.407 e. The number of carbonyl (C=O) groups excluding carboxylic acids is 1. The molecule has 0 saturated carbocycles. The first-order chi connectivity index (χ1) is 11.2. The average Bonchev–Trinajstić information content (AvgIpc) is 2.82. The standard InChI is InChI=1S/C18H27FN2O2S/c1-6-7-18(21-17(22)23-8-9-24(3,4)5)10-14-13(2)20-12-16(19)15(14)11-18/h6,12H,1,7-11H2,2-5H3,(H,21,22). The van der Waals surface area contributed by atoms with Crippen LogP contribution in [0.5, 0.6) is 0 Å². The summed E-state index contributed by atoms with van der Waals surface area (Å²) in [6, 6.07) is 0. The molecule has 1 amide bonds. The number of rotatable bonds is 6. The van der Waals surface area contributed by atoms with Crippen molar-refractivity contribution in [2.24, 2.45) is 0 Å². The molecule has 1 aliphatic rings. The lowest BCUT2D eigenvalue weighted by atomic mass is 9.91. The summed E-state index contributed by atoms with van der Waals surface area (Å²) in [5.41, 5.74) is 1.76. The van der Waals surface area contributed by atoms with Crippen molar-refractivity contribution in [1.29, 1.82) is 0 Å². The Balaban J connectivity index is 2.08. The van der Waals surface area contributed by atoms with Gasteiger partial charge in [-0.25, -0.2) is 19.2 Å². The number of alkyl carbamates (subject to hydrolysis) is 1. The molecule has 0 spiro atoms. The van der Waals surface area contributed by atoms with Gasteiger partial charge in [-0.15, -0.1) is 6.58 Å². The van der Waals surface area contributed by atoms with Gasteiger partial charge in [0.25, 0.3) is 0 Å². The van der Waals surface area contributed by atoms with Crippen LogP contribution in [0.1, 0.15) is 23.2 Å². The van der Waals surface area contributed by atoms with E-state index in [-0.39, 0.29) is 5.82 Å². The monoisotopic (exact) mass is 354 g/mol. The minimum absolute atomic E-state index is 0.312. The van der Waals surface area contributed by atoms with Crippen LogP contribution in [0.25, 0.3) is 0 Å². The number of nitrogens with one attached hydrogen (secondary N) is 1. The highest BCUT2D eigenvalue weighted by Crippen LogP contribution is 2.36. The first-order valence-electron chi connectivity index (χ1n) is 8.00. The van der Waals surface area contributed by atoms with Crippen molar-refractivity contribution >= 4 is 16.1 Å². The second-order valence-electron chi connectivity index (χ2n) is 7.33. The van der Waals surface area contributed by atoms with Crippen LogP contribution in [0.2, 0.25) is 0 Å². The molecule has 0 fully saturated rings. The Labute approximate surface area is 145 Å². The summed E-state index contributed by atoms with van der Waals surface area (Å²) in [6.45, 7) is 6.05. The van der Waals surface area contributed by atoms with Gasteiger partial charge >= 0.3 is 6.09 Å². The Bertz CT molecular complexity index is 610. The van der Waals surface area contributed by atoms with E-state index in [1.807, 2.05) is 6.92 Å². The van der Waals surface area contributed by atoms with Crippen molar-refractivity contribution < 1.29 is 13.9 Å². The number of aromatic nitrogens is 1. The first kappa shape index (κ1) is 18.8. The summed E-state index contributed by atoms with van der Waals surface area (Å²) in [5.74, 6) is 0.556. The first-order valence-corrected chi connectivity index (χ1v) is 11.0. The molecule has 0 bridgehead atoms. The summed E-state index contributed by atoms with van der Waals surface area (Å²) >= 11 is 0. The number of amides is 1. The topological polar surface area (TPSA) is 51.2 Å². The molecule has 4 nitrogen and oxygen atoms in total. The fourth-order valence-corrected chi connectivity index (χ4v) is 3.62. The molecule has 1 atom stereocenters. The largest absolute Gasteiger partial charge is 0.449 e.